The Bertz CT molecular complexity index is 346. The summed E-state index contributed by atoms with van der Waals surface area (Å²) in [5.74, 6) is 0.713. The van der Waals surface area contributed by atoms with Gasteiger partial charge in [0.15, 0.2) is 0 Å². The Balaban J connectivity index is 2.40. The van der Waals surface area contributed by atoms with E-state index in [9.17, 15) is 0 Å². The van der Waals surface area contributed by atoms with Gasteiger partial charge < -0.3 is 10.1 Å². The fraction of sp³-hybridized carbons (Fsp3) is 0.529. The lowest BCUT2D eigenvalue weighted by Gasteiger charge is -2.19. The topological polar surface area (TPSA) is 21.3 Å². The van der Waals surface area contributed by atoms with Crippen molar-refractivity contribution in [2.45, 2.75) is 32.7 Å². The molecule has 0 saturated heterocycles. The second-order valence-corrected chi connectivity index (χ2v) is 5.32. The highest BCUT2D eigenvalue weighted by atomic mass is 16.5. The van der Waals surface area contributed by atoms with E-state index in [1.54, 1.807) is 7.11 Å². The van der Waals surface area contributed by atoms with E-state index in [1.807, 2.05) is 6.07 Å². The average Bonchev–Trinajstić information content (AvgIpc) is 2.39. The molecule has 2 heteroatoms. The Labute approximate surface area is 117 Å². The van der Waals surface area contributed by atoms with Gasteiger partial charge in [-0.05, 0) is 24.3 Å². The van der Waals surface area contributed by atoms with Crippen LogP contribution in [0.4, 0.5) is 0 Å². The molecule has 1 unspecified atom stereocenters. The molecule has 2 nitrogen and oxygen atoms in total. The molecule has 0 fully saturated rings. The SMILES string of the molecule is COCCNC(C/C=C/c1ccccc1)CC(C)C. The van der Waals surface area contributed by atoms with E-state index in [-0.39, 0.29) is 0 Å². The van der Waals surface area contributed by atoms with Crippen LogP contribution in [0, 0.1) is 5.92 Å². The normalized spacial score (nSPS) is 13.3. The molecule has 0 heterocycles. The first-order chi connectivity index (χ1) is 9.22. The van der Waals surface area contributed by atoms with Crippen molar-refractivity contribution in [1.29, 1.82) is 0 Å². The molecule has 1 N–H and O–H groups in total. The molecule has 0 aliphatic rings. The molecule has 19 heavy (non-hydrogen) atoms. The van der Waals surface area contributed by atoms with Crippen molar-refractivity contribution in [3.63, 3.8) is 0 Å². The van der Waals surface area contributed by atoms with Gasteiger partial charge >= 0.3 is 0 Å². The number of hydrogen-bond acceptors (Lipinski definition) is 2. The highest BCUT2D eigenvalue weighted by Gasteiger charge is 2.08. The van der Waals surface area contributed by atoms with Crippen LogP contribution >= 0.6 is 0 Å². The molecule has 0 aromatic heterocycles. The first kappa shape index (κ1) is 15.9. The van der Waals surface area contributed by atoms with Crippen molar-refractivity contribution in [3.8, 4) is 0 Å². The molecule has 1 atom stereocenters. The predicted octanol–water partition coefficient (Wildman–Crippen LogP) is 3.74. The van der Waals surface area contributed by atoms with Crippen LogP contribution in [0.15, 0.2) is 36.4 Å². The minimum Gasteiger partial charge on any atom is -0.383 e. The number of benzene rings is 1. The fourth-order valence-electron chi connectivity index (χ4n) is 2.13. The maximum atomic E-state index is 5.09. The van der Waals surface area contributed by atoms with Crippen LogP contribution in [0.25, 0.3) is 6.08 Å². The molecule has 0 saturated carbocycles. The van der Waals surface area contributed by atoms with Gasteiger partial charge in [0, 0.05) is 19.7 Å². The Hall–Kier alpha value is -1.12. The average molecular weight is 261 g/mol. The lowest BCUT2D eigenvalue weighted by atomic mass is 10.0. The maximum Gasteiger partial charge on any atom is 0.0587 e. The van der Waals surface area contributed by atoms with Gasteiger partial charge in [-0.3, -0.25) is 0 Å². The summed E-state index contributed by atoms with van der Waals surface area (Å²) < 4.78 is 5.09. The van der Waals surface area contributed by atoms with Gasteiger partial charge in [-0.15, -0.1) is 0 Å². The molecule has 0 bridgehead atoms. The van der Waals surface area contributed by atoms with Crippen LogP contribution < -0.4 is 5.32 Å². The van der Waals surface area contributed by atoms with Crippen molar-refractivity contribution in [1.82, 2.24) is 5.32 Å². The first-order valence-electron chi connectivity index (χ1n) is 7.16. The Morgan fingerprint density at radius 3 is 2.58 bits per heavy atom. The van der Waals surface area contributed by atoms with E-state index in [0.717, 1.165) is 19.6 Å². The van der Waals surface area contributed by atoms with E-state index in [4.69, 9.17) is 4.74 Å². The highest BCUT2D eigenvalue weighted by molar-refractivity contribution is 5.48. The van der Waals surface area contributed by atoms with Gasteiger partial charge in [-0.2, -0.15) is 0 Å². The Morgan fingerprint density at radius 2 is 1.95 bits per heavy atom. The molecule has 1 aromatic carbocycles. The van der Waals surface area contributed by atoms with Crippen molar-refractivity contribution >= 4 is 6.08 Å². The largest absolute Gasteiger partial charge is 0.383 e. The number of methoxy groups -OCH3 is 1. The summed E-state index contributed by atoms with van der Waals surface area (Å²) in [5.41, 5.74) is 1.27. The number of hydrogen-bond donors (Lipinski definition) is 1. The monoisotopic (exact) mass is 261 g/mol. The third-order valence-corrected chi connectivity index (χ3v) is 3.03. The van der Waals surface area contributed by atoms with E-state index >= 15 is 0 Å². The van der Waals surface area contributed by atoms with Crippen molar-refractivity contribution in [3.05, 3.63) is 42.0 Å². The van der Waals surface area contributed by atoms with E-state index in [1.165, 1.54) is 12.0 Å². The smallest absolute Gasteiger partial charge is 0.0587 e. The molecule has 106 valence electrons. The van der Waals surface area contributed by atoms with Crippen LogP contribution in [-0.4, -0.2) is 26.3 Å². The first-order valence-corrected chi connectivity index (χ1v) is 7.16. The third-order valence-electron chi connectivity index (χ3n) is 3.03. The molecule has 1 rings (SSSR count). The second-order valence-electron chi connectivity index (χ2n) is 5.32. The zero-order chi connectivity index (χ0) is 13.9. The Kier molecular flexibility index (Phi) is 8.19. The summed E-state index contributed by atoms with van der Waals surface area (Å²) >= 11 is 0. The number of rotatable bonds is 9. The van der Waals surface area contributed by atoms with Gasteiger partial charge in [-0.1, -0.05) is 56.3 Å². The minimum atomic E-state index is 0.537. The predicted molar refractivity (Wildman–Crippen MR) is 83.2 cm³/mol. The summed E-state index contributed by atoms with van der Waals surface area (Å²) in [6.07, 6.45) is 6.73. The molecule has 0 aliphatic heterocycles. The van der Waals surface area contributed by atoms with Crippen molar-refractivity contribution in [2.75, 3.05) is 20.3 Å². The molecule has 0 radical (unpaired) electrons. The molecule has 0 amide bonds. The van der Waals surface area contributed by atoms with Gasteiger partial charge in [0.25, 0.3) is 0 Å². The van der Waals surface area contributed by atoms with Crippen LogP contribution in [-0.2, 0) is 4.74 Å². The second kappa shape index (κ2) is 9.76. The van der Waals surface area contributed by atoms with Crippen LogP contribution in [0.1, 0.15) is 32.3 Å². The quantitative estimate of drug-likeness (QED) is 0.684. The van der Waals surface area contributed by atoms with Crippen molar-refractivity contribution < 1.29 is 4.74 Å². The fourth-order valence-corrected chi connectivity index (χ4v) is 2.13. The third kappa shape index (κ3) is 7.81. The van der Waals surface area contributed by atoms with E-state index in [2.05, 4.69) is 55.6 Å². The van der Waals surface area contributed by atoms with Gasteiger partial charge in [-0.25, -0.2) is 0 Å². The Morgan fingerprint density at radius 1 is 1.21 bits per heavy atom. The summed E-state index contributed by atoms with van der Waals surface area (Å²) in [6.45, 7) is 6.24. The van der Waals surface area contributed by atoms with Gasteiger partial charge in [0.05, 0.1) is 6.61 Å². The van der Waals surface area contributed by atoms with E-state index < -0.39 is 0 Å². The zero-order valence-corrected chi connectivity index (χ0v) is 12.4. The molecular formula is C17H27NO. The van der Waals surface area contributed by atoms with E-state index in [0.29, 0.717) is 12.0 Å². The van der Waals surface area contributed by atoms with Crippen LogP contribution in [0.2, 0.25) is 0 Å². The maximum absolute atomic E-state index is 5.09. The molecule has 0 aliphatic carbocycles. The zero-order valence-electron chi connectivity index (χ0n) is 12.4. The highest BCUT2D eigenvalue weighted by Crippen LogP contribution is 2.10. The van der Waals surface area contributed by atoms with Crippen LogP contribution in [0.3, 0.4) is 0 Å². The number of nitrogens with one attached hydrogen (secondary N) is 1. The van der Waals surface area contributed by atoms with Crippen LogP contribution in [0.5, 0.6) is 0 Å². The van der Waals surface area contributed by atoms with Gasteiger partial charge in [0.2, 0.25) is 0 Å². The van der Waals surface area contributed by atoms with Crippen molar-refractivity contribution in [2.24, 2.45) is 5.92 Å². The molecule has 1 aromatic rings. The molecular weight excluding hydrogens is 234 g/mol. The lowest BCUT2D eigenvalue weighted by molar-refractivity contribution is 0.194. The summed E-state index contributed by atoms with van der Waals surface area (Å²) in [7, 11) is 1.74. The summed E-state index contributed by atoms with van der Waals surface area (Å²) in [4.78, 5) is 0. The summed E-state index contributed by atoms with van der Waals surface area (Å²) in [6, 6.07) is 11.0. The van der Waals surface area contributed by atoms with Gasteiger partial charge in [0.1, 0.15) is 0 Å². The summed E-state index contributed by atoms with van der Waals surface area (Å²) in [5, 5.41) is 3.56. The standard InChI is InChI=1S/C17H27NO/c1-15(2)14-17(18-12-13-19-3)11-7-10-16-8-5-4-6-9-16/h4-10,15,17-18H,11-14H2,1-3H3/b10-7+. The minimum absolute atomic E-state index is 0.537. The molecule has 0 spiro atoms. The number of ether oxygens (including phenoxy) is 1. The lowest BCUT2D eigenvalue weighted by Crippen LogP contribution is -2.32.